The fourth-order valence-electron chi connectivity index (χ4n) is 3.39. The Morgan fingerprint density at radius 1 is 1.22 bits per heavy atom. The summed E-state index contributed by atoms with van der Waals surface area (Å²) in [6.07, 6.45) is 3.60. The van der Waals surface area contributed by atoms with Gasteiger partial charge >= 0.3 is 0 Å². The number of hydrogen-bond donors (Lipinski definition) is 0. The zero-order valence-electron chi connectivity index (χ0n) is 13.6. The molecule has 1 unspecified atom stereocenters. The summed E-state index contributed by atoms with van der Waals surface area (Å²) >= 11 is 0. The van der Waals surface area contributed by atoms with Gasteiger partial charge in [0.2, 0.25) is 5.65 Å². The Bertz CT molecular complexity index is 934. The molecule has 0 amide bonds. The molecular weight excluding hydrogens is 292 g/mol. The monoisotopic (exact) mass is 312 g/mol. The predicted octanol–water partition coefficient (Wildman–Crippen LogP) is 1.11. The van der Waals surface area contributed by atoms with Crippen molar-refractivity contribution in [3.63, 3.8) is 0 Å². The number of hydrogen-bond acceptors (Lipinski definition) is 4. The van der Waals surface area contributed by atoms with Gasteiger partial charge in [0, 0.05) is 50.0 Å². The van der Waals surface area contributed by atoms with Crippen LogP contribution in [0.1, 0.15) is 30.2 Å². The van der Waals surface area contributed by atoms with Crippen LogP contribution >= 0.6 is 0 Å². The van der Waals surface area contributed by atoms with E-state index in [2.05, 4.69) is 45.6 Å². The van der Waals surface area contributed by atoms with E-state index in [0.717, 1.165) is 18.9 Å². The first-order chi connectivity index (χ1) is 11.1. The predicted molar refractivity (Wildman–Crippen MR) is 86.2 cm³/mol. The van der Waals surface area contributed by atoms with Gasteiger partial charge in [-0.05, 0) is 26.0 Å². The van der Waals surface area contributed by atoms with Crippen molar-refractivity contribution in [3.8, 4) is 0 Å². The van der Waals surface area contributed by atoms with Gasteiger partial charge in [-0.25, -0.2) is 0 Å². The van der Waals surface area contributed by atoms with Crippen molar-refractivity contribution in [1.82, 2.24) is 28.6 Å². The summed E-state index contributed by atoms with van der Waals surface area (Å²) in [5.74, 6) is 0.807. The van der Waals surface area contributed by atoms with E-state index in [1.165, 1.54) is 16.0 Å². The van der Waals surface area contributed by atoms with Crippen LogP contribution in [0.3, 0.4) is 0 Å². The third kappa shape index (κ3) is 2.11. The van der Waals surface area contributed by atoms with Crippen LogP contribution in [0.15, 0.2) is 29.3 Å². The second-order valence-corrected chi connectivity index (χ2v) is 6.22. The van der Waals surface area contributed by atoms with Crippen LogP contribution < -0.4 is 5.56 Å². The molecule has 0 saturated carbocycles. The van der Waals surface area contributed by atoms with Crippen molar-refractivity contribution in [2.45, 2.75) is 33.0 Å². The fourth-order valence-corrected chi connectivity index (χ4v) is 3.39. The number of aromatic nitrogens is 5. The van der Waals surface area contributed by atoms with Crippen molar-refractivity contribution in [3.05, 3.63) is 52.1 Å². The average Bonchev–Trinajstić information content (AvgIpc) is 3.11. The lowest BCUT2D eigenvalue weighted by Gasteiger charge is -2.34. The molecule has 120 valence electrons. The normalized spacial score (nSPS) is 18.5. The maximum Gasteiger partial charge on any atom is 0.295 e. The molecule has 1 atom stereocenters. The average molecular weight is 312 g/mol. The van der Waals surface area contributed by atoms with Crippen LogP contribution in [0, 0.1) is 6.92 Å². The van der Waals surface area contributed by atoms with E-state index in [4.69, 9.17) is 0 Å². The van der Waals surface area contributed by atoms with E-state index in [1.54, 1.807) is 17.6 Å². The summed E-state index contributed by atoms with van der Waals surface area (Å²) in [7, 11) is 1.72. The molecule has 4 rings (SSSR count). The molecule has 7 nitrogen and oxygen atoms in total. The fraction of sp³-hybridized carbons (Fsp3) is 0.438. The van der Waals surface area contributed by atoms with Gasteiger partial charge in [-0.2, -0.15) is 0 Å². The van der Waals surface area contributed by atoms with Crippen molar-refractivity contribution >= 4 is 5.65 Å². The maximum atomic E-state index is 12.1. The molecule has 0 fully saturated rings. The third-order valence-electron chi connectivity index (χ3n) is 4.88. The first-order valence-corrected chi connectivity index (χ1v) is 7.85. The van der Waals surface area contributed by atoms with Crippen molar-refractivity contribution < 1.29 is 0 Å². The number of rotatable bonds is 2. The number of aryl methyl sites for hydroxylation is 2. The van der Waals surface area contributed by atoms with Gasteiger partial charge in [0.15, 0.2) is 5.82 Å². The van der Waals surface area contributed by atoms with Crippen LogP contribution in [0.2, 0.25) is 0 Å². The first-order valence-electron chi connectivity index (χ1n) is 7.85. The molecule has 0 saturated heterocycles. The maximum absolute atomic E-state index is 12.1. The van der Waals surface area contributed by atoms with Crippen molar-refractivity contribution in [2.75, 3.05) is 6.54 Å². The Morgan fingerprint density at radius 2 is 2.04 bits per heavy atom. The van der Waals surface area contributed by atoms with Gasteiger partial charge in [-0.15, -0.1) is 10.2 Å². The Morgan fingerprint density at radius 3 is 2.87 bits per heavy atom. The molecule has 7 heteroatoms. The lowest BCUT2D eigenvalue weighted by molar-refractivity contribution is 0.155. The number of fused-ring (bicyclic) bond motifs is 2. The van der Waals surface area contributed by atoms with Crippen LogP contribution in [-0.2, 0) is 20.1 Å². The highest BCUT2D eigenvalue weighted by Crippen LogP contribution is 2.28. The molecule has 0 aliphatic carbocycles. The summed E-state index contributed by atoms with van der Waals surface area (Å²) < 4.78 is 5.69. The molecule has 0 N–H and O–H groups in total. The lowest BCUT2D eigenvalue weighted by Crippen LogP contribution is -2.37. The van der Waals surface area contributed by atoms with Crippen molar-refractivity contribution in [1.29, 1.82) is 0 Å². The Balaban J connectivity index is 1.67. The van der Waals surface area contributed by atoms with E-state index < -0.39 is 0 Å². The molecule has 1 aliphatic rings. The SMILES string of the molecule is Cc1ccc2n1CCN(Cc1nnc3c(=O)n(C)ccn13)C2C. The van der Waals surface area contributed by atoms with E-state index >= 15 is 0 Å². The zero-order valence-corrected chi connectivity index (χ0v) is 13.6. The highest BCUT2D eigenvalue weighted by Gasteiger charge is 2.26. The van der Waals surface area contributed by atoms with Gasteiger partial charge < -0.3 is 9.13 Å². The van der Waals surface area contributed by atoms with Crippen molar-refractivity contribution in [2.24, 2.45) is 7.05 Å². The summed E-state index contributed by atoms with van der Waals surface area (Å²) in [6, 6.07) is 4.69. The summed E-state index contributed by atoms with van der Waals surface area (Å²) in [6.45, 7) is 6.99. The smallest absolute Gasteiger partial charge is 0.295 e. The Kier molecular flexibility index (Phi) is 3.12. The number of nitrogens with zero attached hydrogens (tertiary/aromatic N) is 6. The van der Waals surface area contributed by atoms with Crippen LogP contribution in [-0.4, -0.2) is 35.2 Å². The zero-order chi connectivity index (χ0) is 16.1. The van der Waals surface area contributed by atoms with E-state index in [0.29, 0.717) is 18.2 Å². The Labute approximate surface area is 133 Å². The summed E-state index contributed by atoms with van der Waals surface area (Å²) in [5.41, 5.74) is 2.90. The van der Waals surface area contributed by atoms with Gasteiger partial charge in [-0.3, -0.25) is 14.1 Å². The lowest BCUT2D eigenvalue weighted by atomic mass is 10.1. The minimum atomic E-state index is -0.123. The highest BCUT2D eigenvalue weighted by atomic mass is 16.1. The molecule has 0 spiro atoms. The van der Waals surface area contributed by atoms with Gasteiger partial charge in [0.1, 0.15) is 0 Å². The molecule has 1 aliphatic heterocycles. The minimum absolute atomic E-state index is 0.123. The van der Waals surface area contributed by atoms with Gasteiger partial charge in [-0.1, -0.05) is 0 Å². The molecular formula is C16H20N6O. The Hall–Kier alpha value is -2.41. The quantitative estimate of drug-likeness (QED) is 0.711. The molecule has 3 aromatic heterocycles. The van der Waals surface area contributed by atoms with E-state index in [1.807, 2.05) is 6.20 Å². The van der Waals surface area contributed by atoms with E-state index in [-0.39, 0.29) is 5.56 Å². The van der Waals surface area contributed by atoms with Crippen LogP contribution in [0.25, 0.3) is 5.65 Å². The third-order valence-corrected chi connectivity index (χ3v) is 4.88. The topological polar surface area (TPSA) is 60.4 Å². The highest BCUT2D eigenvalue weighted by molar-refractivity contribution is 5.34. The minimum Gasteiger partial charge on any atom is -0.346 e. The first kappa shape index (κ1) is 14.2. The second kappa shape index (κ2) is 5.06. The summed E-state index contributed by atoms with van der Waals surface area (Å²) in [5, 5.41) is 8.30. The van der Waals surface area contributed by atoms with Crippen LogP contribution in [0.5, 0.6) is 0 Å². The standard InChI is InChI=1S/C16H20N6O/c1-11-4-5-13-12(2)20(7-9-21(11)13)10-14-17-18-15-16(23)19(3)6-8-22(14)15/h4-6,8,12H,7,9-10H2,1-3H3. The second-order valence-electron chi connectivity index (χ2n) is 6.22. The van der Waals surface area contributed by atoms with Crippen LogP contribution in [0.4, 0.5) is 0 Å². The molecule has 0 aromatic carbocycles. The molecule has 4 heterocycles. The molecule has 0 radical (unpaired) electrons. The molecule has 3 aromatic rings. The summed E-state index contributed by atoms with van der Waals surface area (Å²) in [4.78, 5) is 14.5. The van der Waals surface area contributed by atoms with E-state index in [9.17, 15) is 4.79 Å². The largest absolute Gasteiger partial charge is 0.346 e. The molecule has 0 bridgehead atoms. The molecule has 23 heavy (non-hydrogen) atoms. The van der Waals surface area contributed by atoms with Gasteiger partial charge in [0.05, 0.1) is 6.54 Å². The van der Waals surface area contributed by atoms with Gasteiger partial charge in [0.25, 0.3) is 5.56 Å².